The van der Waals surface area contributed by atoms with Crippen molar-refractivity contribution in [3.05, 3.63) is 11.6 Å². The molecule has 2 aliphatic rings. The van der Waals surface area contributed by atoms with Gasteiger partial charge in [-0.25, -0.2) is 0 Å². The minimum atomic E-state index is -0.00329. The number of amides is 1. The zero-order valence-corrected chi connectivity index (χ0v) is 6.80. The number of carbonyl (C=O) groups excluding carboxylic acids is 2. The van der Waals surface area contributed by atoms with Crippen LogP contribution in [0.25, 0.3) is 0 Å². The van der Waals surface area contributed by atoms with Crippen molar-refractivity contribution in [2.24, 2.45) is 5.92 Å². The van der Waals surface area contributed by atoms with Crippen LogP contribution in [0, 0.1) is 5.92 Å². The van der Waals surface area contributed by atoms with E-state index < -0.39 is 0 Å². The van der Waals surface area contributed by atoms with E-state index in [1.807, 2.05) is 0 Å². The van der Waals surface area contributed by atoms with Crippen molar-refractivity contribution in [3.63, 3.8) is 0 Å². The molecule has 0 aromatic rings. The Kier molecular flexibility index (Phi) is 1.71. The van der Waals surface area contributed by atoms with Crippen molar-refractivity contribution in [1.82, 2.24) is 5.32 Å². The highest BCUT2D eigenvalue weighted by Gasteiger charge is 2.29. The predicted molar refractivity (Wildman–Crippen MR) is 43.4 cm³/mol. The maximum Gasteiger partial charge on any atom is 0.227 e. The van der Waals surface area contributed by atoms with Gasteiger partial charge in [0.15, 0.2) is 5.78 Å². The highest BCUT2D eigenvalue weighted by atomic mass is 16.2. The highest BCUT2D eigenvalue weighted by molar-refractivity contribution is 5.95. The van der Waals surface area contributed by atoms with Gasteiger partial charge in [0.2, 0.25) is 5.91 Å². The molecule has 64 valence electrons. The fourth-order valence-corrected chi connectivity index (χ4v) is 1.85. The first kappa shape index (κ1) is 7.53. The van der Waals surface area contributed by atoms with Crippen molar-refractivity contribution in [1.29, 1.82) is 0 Å². The van der Waals surface area contributed by atoms with Gasteiger partial charge in [-0.2, -0.15) is 0 Å². The van der Waals surface area contributed by atoms with Crippen molar-refractivity contribution in [2.75, 3.05) is 6.54 Å². The van der Waals surface area contributed by atoms with Crippen LogP contribution in [0.1, 0.15) is 19.3 Å². The first-order chi connectivity index (χ1) is 5.77. The third-order valence-corrected chi connectivity index (χ3v) is 2.50. The summed E-state index contributed by atoms with van der Waals surface area (Å²) in [5.74, 6) is 0.271. The quantitative estimate of drug-likeness (QED) is 0.565. The summed E-state index contributed by atoms with van der Waals surface area (Å²) < 4.78 is 0. The van der Waals surface area contributed by atoms with Crippen LogP contribution in [0.5, 0.6) is 0 Å². The van der Waals surface area contributed by atoms with Crippen molar-refractivity contribution >= 4 is 11.7 Å². The van der Waals surface area contributed by atoms with Crippen LogP contribution in [0.2, 0.25) is 0 Å². The number of rotatable bonds is 0. The molecule has 0 saturated carbocycles. The molecule has 0 aromatic heterocycles. The van der Waals surface area contributed by atoms with Gasteiger partial charge < -0.3 is 5.32 Å². The Bertz CT molecular complexity index is 268. The molecule has 2 rings (SSSR count). The van der Waals surface area contributed by atoms with Gasteiger partial charge >= 0.3 is 0 Å². The zero-order chi connectivity index (χ0) is 8.55. The second-order valence-corrected chi connectivity index (χ2v) is 3.32. The second kappa shape index (κ2) is 2.73. The summed E-state index contributed by atoms with van der Waals surface area (Å²) >= 11 is 0. The van der Waals surface area contributed by atoms with Gasteiger partial charge in [0, 0.05) is 13.0 Å². The Morgan fingerprint density at radius 2 is 2.17 bits per heavy atom. The number of hydrogen-bond donors (Lipinski definition) is 1. The Morgan fingerprint density at radius 3 is 3.00 bits per heavy atom. The third-order valence-electron chi connectivity index (χ3n) is 2.50. The summed E-state index contributed by atoms with van der Waals surface area (Å²) in [5, 5.41) is 2.80. The molecule has 1 aliphatic carbocycles. The minimum absolute atomic E-state index is 0.00329. The van der Waals surface area contributed by atoms with E-state index in [2.05, 4.69) is 5.32 Å². The number of allylic oxidation sites excluding steroid dienone is 1. The molecule has 1 atom stereocenters. The molecule has 1 aliphatic heterocycles. The van der Waals surface area contributed by atoms with E-state index in [-0.39, 0.29) is 17.6 Å². The van der Waals surface area contributed by atoms with Crippen molar-refractivity contribution in [3.8, 4) is 0 Å². The Balaban J connectivity index is 2.26. The molecular weight excluding hydrogens is 154 g/mol. The van der Waals surface area contributed by atoms with Gasteiger partial charge in [-0.15, -0.1) is 0 Å². The zero-order valence-electron chi connectivity index (χ0n) is 6.80. The summed E-state index contributed by atoms with van der Waals surface area (Å²) in [4.78, 5) is 22.3. The van der Waals surface area contributed by atoms with Crippen LogP contribution in [-0.4, -0.2) is 18.2 Å². The average molecular weight is 165 g/mol. The Labute approximate surface area is 70.8 Å². The van der Waals surface area contributed by atoms with E-state index in [1.165, 1.54) is 0 Å². The summed E-state index contributed by atoms with van der Waals surface area (Å²) in [7, 11) is 0. The van der Waals surface area contributed by atoms with Gasteiger partial charge in [0.1, 0.15) is 0 Å². The molecule has 1 heterocycles. The largest absolute Gasteiger partial charge is 0.355 e. The normalized spacial score (nSPS) is 29.0. The first-order valence-electron chi connectivity index (χ1n) is 4.28. The molecule has 0 spiro atoms. The van der Waals surface area contributed by atoms with Crippen LogP contribution in [-0.2, 0) is 9.59 Å². The molecule has 3 heteroatoms. The van der Waals surface area contributed by atoms with Gasteiger partial charge in [-0.05, 0) is 18.9 Å². The van der Waals surface area contributed by atoms with Crippen LogP contribution >= 0.6 is 0 Å². The monoisotopic (exact) mass is 165 g/mol. The van der Waals surface area contributed by atoms with E-state index >= 15 is 0 Å². The molecule has 0 radical (unpaired) electrons. The number of nitrogens with one attached hydrogen (secondary N) is 1. The molecule has 1 unspecified atom stereocenters. The van der Waals surface area contributed by atoms with Gasteiger partial charge in [0.25, 0.3) is 0 Å². The summed E-state index contributed by atoms with van der Waals surface area (Å²) in [5.41, 5.74) is 1.04. The second-order valence-electron chi connectivity index (χ2n) is 3.32. The van der Waals surface area contributed by atoms with E-state index in [4.69, 9.17) is 0 Å². The molecular formula is C9H11NO2. The SMILES string of the molecule is O=C1C=C2CCNC(=O)C2CC1. The Hall–Kier alpha value is -1.12. The Morgan fingerprint density at radius 1 is 1.33 bits per heavy atom. The average Bonchev–Trinajstić information content (AvgIpc) is 2.04. The third kappa shape index (κ3) is 1.15. The lowest BCUT2D eigenvalue weighted by Gasteiger charge is -2.27. The van der Waals surface area contributed by atoms with E-state index in [0.717, 1.165) is 12.0 Å². The maximum absolute atomic E-state index is 11.3. The summed E-state index contributed by atoms with van der Waals surface area (Å²) in [6.07, 6.45) is 3.74. The highest BCUT2D eigenvalue weighted by Crippen LogP contribution is 2.27. The smallest absolute Gasteiger partial charge is 0.227 e. The standard InChI is InChI=1S/C9H11NO2/c11-7-1-2-8-6(5-7)3-4-10-9(8)12/h5,8H,1-4H2,(H,10,12). The van der Waals surface area contributed by atoms with E-state index in [1.54, 1.807) is 6.08 Å². The van der Waals surface area contributed by atoms with Crippen LogP contribution in [0.15, 0.2) is 11.6 Å². The minimum Gasteiger partial charge on any atom is -0.355 e. The lowest BCUT2D eigenvalue weighted by molar-refractivity contribution is -0.125. The molecule has 3 nitrogen and oxygen atoms in total. The first-order valence-corrected chi connectivity index (χ1v) is 4.28. The topological polar surface area (TPSA) is 46.2 Å². The lowest BCUT2D eigenvalue weighted by atomic mass is 9.83. The fourth-order valence-electron chi connectivity index (χ4n) is 1.85. The molecule has 12 heavy (non-hydrogen) atoms. The number of fused-ring (bicyclic) bond motifs is 1. The van der Waals surface area contributed by atoms with Gasteiger partial charge in [-0.3, -0.25) is 9.59 Å². The van der Waals surface area contributed by atoms with Crippen LogP contribution < -0.4 is 5.32 Å². The molecule has 1 amide bonds. The molecule has 1 saturated heterocycles. The lowest BCUT2D eigenvalue weighted by Crippen LogP contribution is -2.39. The van der Waals surface area contributed by atoms with Crippen molar-refractivity contribution < 1.29 is 9.59 Å². The van der Waals surface area contributed by atoms with Crippen LogP contribution in [0.3, 0.4) is 0 Å². The number of carbonyl (C=O) groups is 2. The predicted octanol–water partition coefficient (Wildman–Crippen LogP) is 0.412. The fraction of sp³-hybridized carbons (Fsp3) is 0.556. The number of ketones is 1. The molecule has 1 fully saturated rings. The molecule has 1 N–H and O–H groups in total. The van der Waals surface area contributed by atoms with E-state index in [9.17, 15) is 9.59 Å². The molecule has 0 aromatic carbocycles. The van der Waals surface area contributed by atoms with Gasteiger partial charge in [-0.1, -0.05) is 5.57 Å². The van der Waals surface area contributed by atoms with E-state index in [0.29, 0.717) is 19.4 Å². The van der Waals surface area contributed by atoms with Crippen LogP contribution in [0.4, 0.5) is 0 Å². The summed E-state index contributed by atoms with van der Waals surface area (Å²) in [6, 6.07) is 0. The number of hydrogen-bond acceptors (Lipinski definition) is 2. The maximum atomic E-state index is 11.3. The number of piperidine rings is 1. The van der Waals surface area contributed by atoms with Gasteiger partial charge in [0.05, 0.1) is 5.92 Å². The summed E-state index contributed by atoms with van der Waals surface area (Å²) in [6.45, 7) is 0.689. The van der Waals surface area contributed by atoms with Crippen molar-refractivity contribution in [2.45, 2.75) is 19.3 Å². The molecule has 0 bridgehead atoms.